The number of nitro groups is 1. The molecule has 3 aromatic rings. The number of nitrogens with zero attached hydrogens (tertiary/aromatic N) is 1. The second-order valence-corrected chi connectivity index (χ2v) is 7.67. The van der Waals surface area contributed by atoms with Crippen molar-refractivity contribution in [3.8, 4) is 5.75 Å². The molecule has 0 bridgehead atoms. The second kappa shape index (κ2) is 9.00. The lowest BCUT2D eigenvalue weighted by atomic mass is 9.91. The molecule has 1 heterocycles. The van der Waals surface area contributed by atoms with Crippen LogP contribution < -0.4 is 10.1 Å². The maximum atomic E-state index is 13.3. The van der Waals surface area contributed by atoms with Gasteiger partial charge < -0.3 is 10.1 Å². The van der Waals surface area contributed by atoms with Gasteiger partial charge in [-0.1, -0.05) is 37.6 Å². The minimum absolute atomic E-state index is 0.00142. The van der Waals surface area contributed by atoms with Crippen molar-refractivity contribution in [3.63, 3.8) is 0 Å². The number of nitro benzene ring substituents is 1. The Balaban J connectivity index is 1.64. The Morgan fingerprint density at radius 1 is 1.00 bits per heavy atom. The van der Waals surface area contributed by atoms with Crippen LogP contribution in [0.5, 0.6) is 5.75 Å². The molecular weight excluding hydrogens is 392 g/mol. The number of hydrogen-bond donors (Lipinski definition) is 1. The highest BCUT2D eigenvalue weighted by Crippen LogP contribution is 2.37. The van der Waals surface area contributed by atoms with E-state index in [1.54, 1.807) is 24.3 Å². The molecule has 0 radical (unpaired) electrons. The number of hydrogen-bond acceptors (Lipinski definition) is 5. The number of carbonyl (C=O) groups is 1. The molecule has 0 saturated carbocycles. The zero-order valence-electron chi connectivity index (χ0n) is 17.3. The fourth-order valence-electron chi connectivity index (χ4n) is 3.80. The van der Waals surface area contributed by atoms with Crippen LogP contribution in [0, 0.1) is 10.1 Å². The fourth-order valence-corrected chi connectivity index (χ4v) is 3.80. The SMILES string of the molecule is CCCCc1ccc(NC2C(=O)c3ccccc3OC2c2ccc([N+](=O)[O-])cc2)cc1. The topological polar surface area (TPSA) is 81.5 Å². The van der Waals surface area contributed by atoms with Gasteiger partial charge in [0, 0.05) is 17.8 Å². The minimum Gasteiger partial charge on any atom is -0.482 e. The molecule has 0 fully saturated rings. The molecule has 4 rings (SSSR count). The van der Waals surface area contributed by atoms with Gasteiger partial charge in [0.25, 0.3) is 5.69 Å². The van der Waals surface area contributed by atoms with Gasteiger partial charge in [-0.3, -0.25) is 14.9 Å². The van der Waals surface area contributed by atoms with Crippen LogP contribution in [-0.2, 0) is 6.42 Å². The molecule has 0 amide bonds. The smallest absolute Gasteiger partial charge is 0.269 e. The van der Waals surface area contributed by atoms with Crippen molar-refractivity contribution in [1.29, 1.82) is 0 Å². The Labute approximate surface area is 181 Å². The number of ketones is 1. The monoisotopic (exact) mass is 416 g/mol. The summed E-state index contributed by atoms with van der Waals surface area (Å²) in [5, 5.41) is 14.3. The van der Waals surface area contributed by atoms with E-state index in [2.05, 4.69) is 24.4 Å². The van der Waals surface area contributed by atoms with Crippen LogP contribution in [0.4, 0.5) is 11.4 Å². The number of aryl methyl sites for hydroxylation is 1. The molecule has 2 atom stereocenters. The zero-order chi connectivity index (χ0) is 21.8. The molecule has 0 spiro atoms. The predicted octanol–water partition coefficient (Wildman–Crippen LogP) is 5.73. The Hall–Kier alpha value is -3.67. The summed E-state index contributed by atoms with van der Waals surface area (Å²) in [5.74, 6) is 0.448. The lowest BCUT2D eigenvalue weighted by molar-refractivity contribution is -0.384. The van der Waals surface area contributed by atoms with Crippen LogP contribution >= 0.6 is 0 Å². The highest BCUT2D eigenvalue weighted by Gasteiger charge is 2.38. The second-order valence-electron chi connectivity index (χ2n) is 7.67. The highest BCUT2D eigenvalue weighted by molar-refractivity contribution is 6.05. The maximum absolute atomic E-state index is 13.3. The standard InChI is InChI=1S/C25H24N2O4/c1-2-3-6-17-9-13-19(14-10-17)26-23-24(28)21-7-4-5-8-22(21)31-25(23)18-11-15-20(16-12-18)27(29)30/h4-5,7-16,23,25-26H,2-3,6H2,1H3. The Morgan fingerprint density at radius 2 is 1.71 bits per heavy atom. The number of Topliss-reactive ketones (excluding diaryl/α,β-unsaturated/α-hetero) is 1. The third kappa shape index (κ3) is 4.43. The van der Waals surface area contributed by atoms with Crippen molar-refractivity contribution in [2.75, 3.05) is 5.32 Å². The Kier molecular flexibility index (Phi) is 5.98. The number of para-hydroxylation sites is 1. The third-order valence-electron chi connectivity index (χ3n) is 5.52. The van der Waals surface area contributed by atoms with Gasteiger partial charge in [0.15, 0.2) is 11.9 Å². The molecule has 6 heteroatoms. The largest absolute Gasteiger partial charge is 0.482 e. The first kappa shape index (κ1) is 20.6. The summed E-state index contributed by atoms with van der Waals surface area (Å²) in [7, 11) is 0. The van der Waals surface area contributed by atoms with Crippen molar-refractivity contribution in [3.05, 3.63) is 99.6 Å². The van der Waals surface area contributed by atoms with E-state index in [-0.39, 0.29) is 11.5 Å². The fraction of sp³-hybridized carbons (Fsp3) is 0.240. The average Bonchev–Trinajstić information content (AvgIpc) is 2.80. The van der Waals surface area contributed by atoms with E-state index in [1.807, 2.05) is 24.3 Å². The van der Waals surface area contributed by atoms with Gasteiger partial charge >= 0.3 is 0 Å². The van der Waals surface area contributed by atoms with Gasteiger partial charge in [-0.15, -0.1) is 0 Å². The zero-order valence-corrected chi connectivity index (χ0v) is 17.3. The number of fused-ring (bicyclic) bond motifs is 1. The molecule has 6 nitrogen and oxygen atoms in total. The first-order valence-corrected chi connectivity index (χ1v) is 10.5. The van der Waals surface area contributed by atoms with E-state index >= 15 is 0 Å². The number of rotatable bonds is 7. The van der Waals surface area contributed by atoms with Gasteiger partial charge in [-0.05, 0) is 60.4 Å². The molecule has 0 saturated heterocycles. The molecular formula is C25H24N2O4. The van der Waals surface area contributed by atoms with Crippen LogP contribution in [0.2, 0.25) is 0 Å². The third-order valence-corrected chi connectivity index (χ3v) is 5.52. The summed E-state index contributed by atoms with van der Waals surface area (Å²) in [6.45, 7) is 2.17. The summed E-state index contributed by atoms with van der Waals surface area (Å²) >= 11 is 0. The van der Waals surface area contributed by atoms with E-state index in [0.717, 1.165) is 24.9 Å². The maximum Gasteiger partial charge on any atom is 0.269 e. The molecule has 1 N–H and O–H groups in total. The summed E-state index contributed by atoms with van der Waals surface area (Å²) < 4.78 is 6.20. The van der Waals surface area contributed by atoms with Crippen LogP contribution in [0.1, 0.15) is 47.4 Å². The van der Waals surface area contributed by atoms with Gasteiger partial charge in [-0.25, -0.2) is 0 Å². The molecule has 1 aliphatic rings. The molecule has 0 aromatic heterocycles. The number of anilines is 1. The van der Waals surface area contributed by atoms with Crippen molar-refractivity contribution in [2.24, 2.45) is 0 Å². The molecule has 1 aliphatic heterocycles. The Morgan fingerprint density at radius 3 is 2.39 bits per heavy atom. The summed E-state index contributed by atoms with van der Waals surface area (Å²) in [6, 6.07) is 20.8. The van der Waals surface area contributed by atoms with Crippen molar-refractivity contribution in [1.82, 2.24) is 0 Å². The van der Waals surface area contributed by atoms with E-state index in [0.29, 0.717) is 16.9 Å². The van der Waals surface area contributed by atoms with Crippen LogP contribution in [0.15, 0.2) is 72.8 Å². The van der Waals surface area contributed by atoms with Gasteiger partial charge in [0.05, 0.1) is 10.5 Å². The molecule has 3 aromatic carbocycles. The van der Waals surface area contributed by atoms with Crippen LogP contribution in [0.25, 0.3) is 0 Å². The quantitative estimate of drug-likeness (QED) is 0.393. The van der Waals surface area contributed by atoms with Crippen LogP contribution in [-0.4, -0.2) is 16.7 Å². The molecule has 31 heavy (non-hydrogen) atoms. The van der Waals surface area contributed by atoms with E-state index < -0.39 is 17.1 Å². The van der Waals surface area contributed by atoms with Crippen molar-refractivity contribution >= 4 is 17.2 Å². The first-order valence-electron chi connectivity index (χ1n) is 10.5. The van der Waals surface area contributed by atoms with E-state index in [1.165, 1.54) is 17.7 Å². The van der Waals surface area contributed by atoms with Gasteiger partial charge in [0.1, 0.15) is 11.8 Å². The number of unbranched alkanes of at least 4 members (excludes halogenated alkanes) is 1. The normalized spacial score (nSPS) is 17.5. The number of non-ortho nitro benzene ring substituents is 1. The molecule has 0 aliphatic carbocycles. The van der Waals surface area contributed by atoms with E-state index in [9.17, 15) is 14.9 Å². The number of ether oxygens (including phenoxy) is 1. The summed E-state index contributed by atoms with van der Waals surface area (Å²) in [4.78, 5) is 23.9. The summed E-state index contributed by atoms with van der Waals surface area (Å²) in [5.41, 5.74) is 3.31. The minimum atomic E-state index is -0.655. The first-order chi connectivity index (χ1) is 15.1. The number of carbonyl (C=O) groups excluding carboxylic acids is 1. The van der Waals surface area contributed by atoms with Gasteiger partial charge in [0.2, 0.25) is 0 Å². The summed E-state index contributed by atoms with van der Waals surface area (Å²) in [6.07, 6.45) is 2.70. The van der Waals surface area contributed by atoms with Gasteiger partial charge in [-0.2, -0.15) is 0 Å². The molecule has 158 valence electrons. The lowest BCUT2D eigenvalue weighted by Gasteiger charge is -2.33. The van der Waals surface area contributed by atoms with E-state index in [4.69, 9.17) is 4.74 Å². The predicted molar refractivity (Wildman–Crippen MR) is 120 cm³/mol. The Bertz CT molecular complexity index is 1080. The number of nitrogens with one attached hydrogen (secondary N) is 1. The molecule has 2 unspecified atom stereocenters. The average molecular weight is 416 g/mol. The highest BCUT2D eigenvalue weighted by atomic mass is 16.6. The lowest BCUT2D eigenvalue weighted by Crippen LogP contribution is -2.42. The van der Waals surface area contributed by atoms with Crippen LogP contribution in [0.3, 0.4) is 0 Å². The number of benzene rings is 3. The van der Waals surface area contributed by atoms with Crippen molar-refractivity contribution in [2.45, 2.75) is 38.3 Å². The van der Waals surface area contributed by atoms with Crippen molar-refractivity contribution < 1.29 is 14.5 Å².